The average molecular weight is 283 g/mol. The van der Waals surface area contributed by atoms with Crippen LogP contribution in [-0.4, -0.2) is 10.1 Å². The Balaban J connectivity index is 1.76. The van der Waals surface area contributed by atoms with Gasteiger partial charge in [0.05, 0.1) is 5.56 Å². The van der Waals surface area contributed by atoms with Crippen molar-refractivity contribution in [1.82, 2.24) is 10.1 Å². The second kappa shape index (κ2) is 5.75. The number of benzene rings is 2. The summed E-state index contributed by atoms with van der Waals surface area (Å²) < 4.78 is 18.4. The van der Waals surface area contributed by atoms with Gasteiger partial charge < -0.3 is 10.3 Å². The van der Waals surface area contributed by atoms with E-state index in [4.69, 9.17) is 10.3 Å². The molecule has 0 saturated heterocycles. The lowest BCUT2D eigenvalue weighted by Gasteiger charge is -1.99. The number of hydrogen-bond donors (Lipinski definition) is 1. The summed E-state index contributed by atoms with van der Waals surface area (Å²) in [4.78, 5) is 4.27. The first-order valence-corrected chi connectivity index (χ1v) is 6.64. The molecule has 0 unspecified atom stereocenters. The van der Waals surface area contributed by atoms with Gasteiger partial charge in [0.1, 0.15) is 5.82 Å². The van der Waals surface area contributed by atoms with Crippen molar-refractivity contribution < 1.29 is 8.91 Å². The highest BCUT2D eigenvalue weighted by Gasteiger charge is 2.12. The number of nitrogen functional groups attached to an aromatic ring is 1. The van der Waals surface area contributed by atoms with Crippen molar-refractivity contribution in [2.24, 2.45) is 0 Å². The Morgan fingerprint density at radius 3 is 2.67 bits per heavy atom. The van der Waals surface area contributed by atoms with E-state index in [9.17, 15) is 4.39 Å². The van der Waals surface area contributed by atoms with Crippen molar-refractivity contribution in [2.45, 2.75) is 12.8 Å². The quantitative estimate of drug-likeness (QED) is 0.746. The van der Waals surface area contributed by atoms with Gasteiger partial charge in [-0.3, -0.25) is 0 Å². The molecule has 0 atom stereocenters. The minimum Gasteiger partial charge on any atom is -0.398 e. The van der Waals surface area contributed by atoms with Crippen LogP contribution < -0.4 is 5.73 Å². The first kappa shape index (κ1) is 13.3. The summed E-state index contributed by atoms with van der Waals surface area (Å²) >= 11 is 0. The zero-order valence-electron chi connectivity index (χ0n) is 11.3. The number of halogens is 1. The molecular weight excluding hydrogens is 269 g/mol. The van der Waals surface area contributed by atoms with Crippen LogP contribution in [0, 0.1) is 5.82 Å². The van der Waals surface area contributed by atoms with Crippen LogP contribution in [0.25, 0.3) is 11.5 Å². The fraction of sp³-hybridized carbons (Fsp3) is 0.125. The van der Waals surface area contributed by atoms with Gasteiger partial charge in [-0.05, 0) is 30.2 Å². The summed E-state index contributed by atoms with van der Waals surface area (Å²) in [6.45, 7) is 0. The van der Waals surface area contributed by atoms with Crippen molar-refractivity contribution in [3.05, 3.63) is 65.7 Å². The molecule has 5 heteroatoms. The minimum absolute atomic E-state index is 0.245. The van der Waals surface area contributed by atoms with Gasteiger partial charge in [0.25, 0.3) is 5.89 Å². The van der Waals surface area contributed by atoms with Gasteiger partial charge in [-0.25, -0.2) is 4.39 Å². The maximum Gasteiger partial charge on any atom is 0.260 e. The van der Waals surface area contributed by atoms with E-state index in [-0.39, 0.29) is 11.7 Å². The molecule has 0 aliphatic heterocycles. The number of aryl methyl sites for hydroxylation is 2. The standard InChI is InChI=1S/C16H14FN3O/c17-12-7-8-14(18)13(10-12)16-19-15(20-21-16)9-6-11-4-2-1-3-5-11/h1-5,7-8,10H,6,9,18H2. The molecule has 0 amide bonds. The topological polar surface area (TPSA) is 64.9 Å². The molecule has 21 heavy (non-hydrogen) atoms. The van der Waals surface area contributed by atoms with Crippen molar-refractivity contribution in [3.8, 4) is 11.5 Å². The molecule has 0 fully saturated rings. The van der Waals surface area contributed by atoms with Crippen LogP contribution in [0.4, 0.5) is 10.1 Å². The predicted molar refractivity (Wildman–Crippen MR) is 78.0 cm³/mol. The molecule has 0 radical (unpaired) electrons. The maximum absolute atomic E-state index is 13.3. The molecule has 1 heterocycles. The number of nitrogens with zero attached hydrogens (tertiary/aromatic N) is 2. The van der Waals surface area contributed by atoms with E-state index in [1.807, 2.05) is 30.3 Å². The summed E-state index contributed by atoms with van der Waals surface area (Å²) in [5.74, 6) is 0.441. The van der Waals surface area contributed by atoms with E-state index < -0.39 is 0 Å². The number of rotatable bonds is 4. The van der Waals surface area contributed by atoms with Gasteiger partial charge in [-0.2, -0.15) is 4.98 Å². The third-order valence-corrected chi connectivity index (χ3v) is 3.19. The lowest BCUT2D eigenvalue weighted by molar-refractivity contribution is 0.422. The van der Waals surface area contributed by atoms with Gasteiger partial charge in [-0.15, -0.1) is 0 Å². The number of nitrogens with two attached hydrogens (primary N) is 1. The molecule has 1 aromatic heterocycles. The SMILES string of the molecule is Nc1ccc(F)cc1-c1nc(CCc2ccccc2)no1. The summed E-state index contributed by atoms with van der Waals surface area (Å²) in [5, 5.41) is 3.91. The first-order valence-electron chi connectivity index (χ1n) is 6.64. The van der Waals surface area contributed by atoms with E-state index in [0.717, 1.165) is 6.42 Å². The molecule has 2 aromatic carbocycles. The van der Waals surface area contributed by atoms with Crippen LogP contribution in [0.5, 0.6) is 0 Å². The Morgan fingerprint density at radius 1 is 1.05 bits per heavy atom. The third-order valence-electron chi connectivity index (χ3n) is 3.19. The molecular formula is C16H14FN3O. The number of anilines is 1. The lowest BCUT2D eigenvalue weighted by atomic mass is 10.1. The molecule has 0 aliphatic carbocycles. The van der Waals surface area contributed by atoms with Gasteiger partial charge >= 0.3 is 0 Å². The predicted octanol–water partition coefficient (Wildman–Crippen LogP) is 3.24. The molecule has 0 saturated carbocycles. The summed E-state index contributed by atoms with van der Waals surface area (Å²) in [6, 6.07) is 14.1. The minimum atomic E-state index is -0.386. The van der Waals surface area contributed by atoms with E-state index in [2.05, 4.69) is 10.1 Å². The largest absolute Gasteiger partial charge is 0.398 e. The molecule has 0 spiro atoms. The smallest absolute Gasteiger partial charge is 0.260 e. The highest BCUT2D eigenvalue weighted by atomic mass is 19.1. The van der Waals surface area contributed by atoms with E-state index >= 15 is 0 Å². The van der Waals surface area contributed by atoms with Gasteiger partial charge in [0, 0.05) is 12.1 Å². The summed E-state index contributed by atoms with van der Waals surface area (Å²) in [7, 11) is 0. The van der Waals surface area contributed by atoms with Crippen LogP contribution >= 0.6 is 0 Å². The lowest BCUT2D eigenvalue weighted by Crippen LogP contribution is -1.94. The van der Waals surface area contributed by atoms with Crippen LogP contribution in [0.1, 0.15) is 11.4 Å². The molecule has 3 rings (SSSR count). The van der Waals surface area contributed by atoms with Crippen LogP contribution in [0.2, 0.25) is 0 Å². The van der Waals surface area contributed by atoms with Crippen molar-refractivity contribution >= 4 is 5.69 Å². The maximum atomic E-state index is 13.3. The Bertz CT molecular complexity index is 740. The van der Waals surface area contributed by atoms with Crippen molar-refractivity contribution in [1.29, 1.82) is 0 Å². The second-order valence-electron chi connectivity index (χ2n) is 4.73. The average Bonchev–Trinajstić information content (AvgIpc) is 2.97. The molecule has 0 aliphatic rings. The summed E-state index contributed by atoms with van der Waals surface area (Å²) in [5.41, 5.74) is 7.84. The Hall–Kier alpha value is -2.69. The van der Waals surface area contributed by atoms with E-state index in [0.29, 0.717) is 23.5 Å². The molecule has 0 bridgehead atoms. The summed E-state index contributed by atoms with van der Waals surface area (Å²) in [6.07, 6.45) is 1.47. The first-order chi connectivity index (χ1) is 10.2. The number of aromatic nitrogens is 2. The zero-order valence-corrected chi connectivity index (χ0v) is 11.3. The Labute approximate surface area is 121 Å². The Kier molecular flexibility index (Phi) is 3.64. The van der Waals surface area contributed by atoms with Crippen LogP contribution in [0.15, 0.2) is 53.1 Å². The molecule has 2 N–H and O–H groups in total. The second-order valence-corrected chi connectivity index (χ2v) is 4.73. The zero-order chi connectivity index (χ0) is 14.7. The third kappa shape index (κ3) is 3.08. The van der Waals surface area contributed by atoms with Crippen LogP contribution in [-0.2, 0) is 12.8 Å². The van der Waals surface area contributed by atoms with Gasteiger partial charge in [-0.1, -0.05) is 35.5 Å². The fourth-order valence-electron chi connectivity index (χ4n) is 2.08. The Morgan fingerprint density at radius 2 is 1.86 bits per heavy atom. The highest BCUT2D eigenvalue weighted by molar-refractivity contribution is 5.70. The van der Waals surface area contributed by atoms with Crippen LogP contribution in [0.3, 0.4) is 0 Å². The molecule has 4 nitrogen and oxygen atoms in total. The van der Waals surface area contributed by atoms with Crippen molar-refractivity contribution in [2.75, 3.05) is 5.73 Å². The van der Waals surface area contributed by atoms with E-state index in [1.54, 1.807) is 0 Å². The normalized spacial score (nSPS) is 10.7. The fourth-order valence-corrected chi connectivity index (χ4v) is 2.08. The van der Waals surface area contributed by atoms with Crippen molar-refractivity contribution in [3.63, 3.8) is 0 Å². The molecule has 3 aromatic rings. The number of hydrogen-bond acceptors (Lipinski definition) is 4. The highest BCUT2D eigenvalue weighted by Crippen LogP contribution is 2.25. The van der Waals surface area contributed by atoms with E-state index in [1.165, 1.54) is 23.8 Å². The monoisotopic (exact) mass is 283 g/mol. The van der Waals surface area contributed by atoms with Gasteiger partial charge in [0.15, 0.2) is 5.82 Å². The van der Waals surface area contributed by atoms with Gasteiger partial charge in [0.2, 0.25) is 0 Å². The molecule has 106 valence electrons.